The molecule has 0 saturated heterocycles. The van der Waals surface area contributed by atoms with Crippen molar-refractivity contribution in [1.29, 1.82) is 0 Å². The number of benzene rings is 1. The summed E-state index contributed by atoms with van der Waals surface area (Å²) >= 11 is 0. The van der Waals surface area contributed by atoms with Crippen LogP contribution in [-0.2, 0) is 6.42 Å². The molecular weight excluding hydrogens is 240 g/mol. The van der Waals surface area contributed by atoms with Gasteiger partial charge in [0.05, 0.1) is 0 Å². The van der Waals surface area contributed by atoms with E-state index < -0.39 is 0 Å². The van der Waals surface area contributed by atoms with Gasteiger partial charge in [-0.05, 0) is 41.8 Å². The Bertz CT molecular complexity index is 485. The largest absolute Gasteiger partial charge is 0.484 e. The fourth-order valence-corrected chi connectivity index (χ4v) is 1.86. The number of aliphatic hydroxyl groups is 1. The molecule has 3 N–H and O–H groups in total. The summed E-state index contributed by atoms with van der Waals surface area (Å²) in [6, 6.07) is 11.5. The number of nitrogens with zero attached hydrogens (tertiary/aromatic N) is 1. The van der Waals surface area contributed by atoms with E-state index in [0.29, 0.717) is 13.0 Å². The number of rotatable bonds is 6. The molecule has 0 spiro atoms. The minimum atomic E-state index is -0.174. The van der Waals surface area contributed by atoms with Gasteiger partial charge >= 0.3 is 0 Å². The molecule has 4 heteroatoms. The fourth-order valence-electron chi connectivity index (χ4n) is 1.86. The highest BCUT2D eigenvalue weighted by Crippen LogP contribution is 2.21. The number of hydrogen-bond donors (Lipinski definition) is 2. The van der Waals surface area contributed by atoms with Crippen molar-refractivity contribution in [3.8, 4) is 5.75 Å². The molecule has 0 bridgehead atoms. The topological polar surface area (TPSA) is 68.4 Å². The fraction of sp³-hybridized carbons (Fsp3) is 0.267. The monoisotopic (exact) mass is 258 g/mol. The van der Waals surface area contributed by atoms with Crippen LogP contribution in [0.2, 0.25) is 0 Å². The van der Waals surface area contributed by atoms with Crippen molar-refractivity contribution in [2.75, 3.05) is 13.2 Å². The zero-order valence-electron chi connectivity index (χ0n) is 10.7. The van der Waals surface area contributed by atoms with Crippen molar-refractivity contribution >= 4 is 0 Å². The van der Waals surface area contributed by atoms with E-state index in [2.05, 4.69) is 4.98 Å². The molecule has 1 unspecified atom stereocenters. The molecule has 1 atom stereocenters. The lowest BCUT2D eigenvalue weighted by molar-refractivity contribution is 0.214. The van der Waals surface area contributed by atoms with Gasteiger partial charge in [-0.3, -0.25) is 4.98 Å². The Balaban J connectivity index is 2.06. The Hall–Kier alpha value is -1.91. The summed E-state index contributed by atoms with van der Waals surface area (Å²) in [7, 11) is 0. The molecule has 0 aliphatic carbocycles. The van der Waals surface area contributed by atoms with Gasteiger partial charge in [-0.1, -0.05) is 12.1 Å². The summed E-state index contributed by atoms with van der Waals surface area (Å²) in [5, 5.41) is 8.87. The molecule has 0 aliphatic rings. The third-order valence-corrected chi connectivity index (χ3v) is 2.89. The van der Waals surface area contributed by atoms with Crippen molar-refractivity contribution < 1.29 is 9.84 Å². The highest BCUT2D eigenvalue weighted by Gasteiger charge is 2.10. The second kappa shape index (κ2) is 6.87. The summed E-state index contributed by atoms with van der Waals surface area (Å²) in [5.41, 5.74) is 7.85. The average Bonchev–Trinajstić information content (AvgIpc) is 2.48. The van der Waals surface area contributed by atoms with E-state index in [4.69, 9.17) is 15.6 Å². The third-order valence-electron chi connectivity index (χ3n) is 2.89. The predicted octanol–water partition coefficient (Wildman–Crippen LogP) is 1.70. The summed E-state index contributed by atoms with van der Waals surface area (Å²) in [6.45, 7) is 0.561. The first-order chi connectivity index (χ1) is 9.33. The summed E-state index contributed by atoms with van der Waals surface area (Å²) in [4.78, 5) is 3.98. The van der Waals surface area contributed by atoms with Crippen LogP contribution in [-0.4, -0.2) is 23.2 Å². The lowest BCUT2D eigenvalue weighted by Gasteiger charge is -2.17. The first kappa shape index (κ1) is 13.5. The lowest BCUT2D eigenvalue weighted by atomic mass is 10.1. The van der Waals surface area contributed by atoms with Crippen LogP contribution < -0.4 is 10.5 Å². The second-order valence-corrected chi connectivity index (χ2v) is 4.24. The minimum Gasteiger partial charge on any atom is -0.484 e. The first-order valence-electron chi connectivity index (χ1n) is 6.30. The zero-order chi connectivity index (χ0) is 13.5. The van der Waals surface area contributed by atoms with Crippen molar-refractivity contribution in [2.45, 2.75) is 12.5 Å². The standard InChI is InChI=1S/C15H18N2O2/c16-11-15(13-5-8-17-9-6-13)19-14-3-1-12(2-4-14)7-10-18/h1-6,8-9,15,18H,7,10-11,16H2. The van der Waals surface area contributed by atoms with Crippen LogP contribution in [0.3, 0.4) is 0 Å². The van der Waals surface area contributed by atoms with Gasteiger partial charge < -0.3 is 15.6 Å². The zero-order valence-corrected chi connectivity index (χ0v) is 10.7. The average molecular weight is 258 g/mol. The van der Waals surface area contributed by atoms with E-state index in [0.717, 1.165) is 16.9 Å². The highest BCUT2D eigenvalue weighted by molar-refractivity contribution is 5.28. The maximum absolute atomic E-state index is 8.87. The lowest BCUT2D eigenvalue weighted by Crippen LogP contribution is -2.18. The summed E-state index contributed by atoms with van der Waals surface area (Å²) < 4.78 is 5.87. The Morgan fingerprint density at radius 3 is 2.37 bits per heavy atom. The van der Waals surface area contributed by atoms with Crippen LogP contribution in [0.4, 0.5) is 0 Å². The summed E-state index contributed by atoms with van der Waals surface area (Å²) in [6.07, 6.45) is 3.94. The molecule has 0 fully saturated rings. The molecule has 0 amide bonds. The van der Waals surface area contributed by atoms with E-state index in [1.807, 2.05) is 36.4 Å². The molecule has 4 nitrogen and oxygen atoms in total. The minimum absolute atomic E-state index is 0.155. The Morgan fingerprint density at radius 1 is 1.11 bits per heavy atom. The van der Waals surface area contributed by atoms with Gasteiger partial charge in [0.15, 0.2) is 0 Å². The van der Waals surface area contributed by atoms with E-state index in [1.165, 1.54) is 0 Å². The van der Waals surface area contributed by atoms with Crippen LogP contribution in [0.5, 0.6) is 5.75 Å². The number of aromatic nitrogens is 1. The van der Waals surface area contributed by atoms with Gasteiger partial charge in [-0.2, -0.15) is 0 Å². The molecule has 1 heterocycles. The second-order valence-electron chi connectivity index (χ2n) is 4.24. The number of ether oxygens (including phenoxy) is 1. The maximum Gasteiger partial charge on any atom is 0.136 e. The molecule has 1 aromatic heterocycles. The van der Waals surface area contributed by atoms with E-state index >= 15 is 0 Å². The van der Waals surface area contributed by atoms with Crippen molar-refractivity contribution in [3.05, 3.63) is 59.9 Å². The quantitative estimate of drug-likeness (QED) is 0.827. The van der Waals surface area contributed by atoms with Gasteiger partial charge in [0.25, 0.3) is 0 Å². The first-order valence-corrected chi connectivity index (χ1v) is 6.30. The van der Waals surface area contributed by atoms with Crippen LogP contribution in [0.15, 0.2) is 48.8 Å². The van der Waals surface area contributed by atoms with Gasteiger partial charge in [0.2, 0.25) is 0 Å². The van der Waals surface area contributed by atoms with Gasteiger partial charge in [0.1, 0.15) is 11.9 Å². The van der Waals surface area contributed by atoms with Gasteiger partial charge in [-0.25, -0.2) is 0 Å². The number of aliphatic hydroxyl groups excluding tert-OH is 1. The van der Waals surface area contributed by atoms with Crippen LogP contribution in [0.1, 0.15) is 17.2 Å². The molecule has 1 aromatic carbocycles. The van der Waals surface area contributed by atoms with Gasteiger partial charge in [0, 0.05) is 25.5 Å². The Morgan fingerprint density at radius 2 is 1.79 bits per heavy atom. The van der Waals surface area contributed by atoms with E-state index in [-0.39, 0.29) is 12.7 Å². The molecule has 19 heavy (non-hydrogen) atoms. The normalized spacial score (nSPS) is 12.1. The number of nitrogens with two attached hydrogens (primary N) is 1. The molecule has 2 aromatic rings. The Labute approximate surface area is 112 Å². The van der Waals surface area contributed by atoms with E-state index in [9.17, 15) is 0 Å². The molecule has 2 rings (SSSR count). The molecule has 100 valence electrons. The highest BCUT2D eigenvalue weighted by atomic mass is 16.5. The van der Waals surface area contributed by atoms with Crippen molar-refractivity contribution in [2.24, 2.45) is 5.73 Å². The smallest absolute Gasteiger partial charge is 0.136 e. The molecule has 0 saturated carbocycles. The van der Waals surface area contributed by atoms with Crippen molar-refractivity contribution in [1.82, 2.24) is 4.98 Å². The van der Waals surface area contributed by atoms with Crippen molar-refractivity contribution in [3.63, 3.8) is 0 Å². The van der Waals surface area contributed by atoms with E-state index in [1.54, 1.807) is 12.4 Å². The van der Waals surface area contributed by atoms with Crippen LogP contribution in [0, 0.1) is 0 Å². The Kier molecular flexibility index (Phi) is 4.89. The predicted molar refractivity (Wildman–Crippen MR) is 73.9 cm³/mol. The van der Waals surface area contributed by atoms with Crippen LogP contribution in [0.25, 0.3) is 0 Å². The third kappa shape index (κ3) is 3.77. The molecule has 0 aliphatic heterocycles. The van der Waals surface area contributed by atoms with Gasteiger partial charge in [-0.15, -0.1) is 0 Å². The maximum atomic E-state index is 8.87. The molecule has 0 radical (unpaired) electrons. The number of pyridine rings is 1. The SMILES string of the molecule is NCC(Oc1ccc(CCO)cc1)c1ccncc1. The van der Waals surface area contributed by atoms with Crippen LogP contribution >= 0.6 is 0 Å². The molecular formula is C15H18N2O2. The number of hydrogen-bond acceptors (Lipinski definition) is 4. The summed E-state index contributed by atoms with van der Waals surface area (Å²) in [5.74, 6) is 0.772.